The average molecular weight is 403 g/mol. The number of benzene rings is 1. The number of carbonyl (C=O) groups excluding carboxylic acids is 2. The van der Waals surface area contributed by atoms with Crippen LogP contribution in [0.3, 0.4) is 0 Å². The van der Waals surface area contributed by atoms with Crippen LogP contribution in [0.15, 0.2) is 40.9 Å². The number of carbonyl (C=O) groups is 2. The lowest BCUT2D eigenvalue weighted by atomic mass is 10.2. The molecule has 0 radical (unpaired) electrons. The molecule has 27 heavy (non-hydrogen) atoms. The predicted octanol–water partition coefficient (Wildman–Crippen LogP) is 2.58. The fourth-order valence-corrected chi connectivity index (χ4v) is 3.51. The standard InChI is InChI=1S/C17H17N5O3S2/c1-10-2-4-11(5-3-10)25-8-13-19-17(22-21-13)27-9-14(23)20-16-12(15(18)24)6-7-26-16/h2-7H,8-9H2,1H3,(H2,18,24)(H,20,23)(H,19,21,22). The monoisotopic (exact) mass is 403 g/mol. The molecule has 0 aliphatic carbocycles. The fourth-order valence-electron chi connectivity index (χ4n) is 2.09. The highest BCUT2D eigenvalue weighted by Crippen LogP contribution is 2.23. The van der Waals surface area contributed by atoms with Gasteiger partial charge in [0.15, 0.2) is 5.82 Å². The summed E-state index contributed by atoms with van der Waals surface area (Å²) in [6.07, 6.45) is 0. The van der Waals surface area contributed by atoms with Crippen molar-refractivity contribution in [2.24, 2.45) is 5.73 Å². The van der Waals surface area contributed by atoms with E-state index in [1.807, 2.05) is 31.2 Å². The lowest BCUT2D eigenvalue weighted by molar-refractivity contribution is -0.113. The topological polar surface area (TPSA) is 123 Å². The van der Waals surface area contributed by atoms with Crippen LogP contribution in [-0.4, -0.2) is 32.7 Å². The highest BCUT2D eigenvalue weighted by atomic mass is 32.2. The summed E-state index contributed by atoms with van der Waals surface area (Å²) in [4.78, 5) is 27.6. The van der Waals surface area contributed by atoms with Crippen LogP contribution in [-0.2, 0) is 11.4 Å². The van der Waals surface area contributed by atoms with E-state index in [0.717, 1.165) is 11.3 Å². The van der Waals surface area contributed by atoms with E-state index in [-0.39, 0.29) is 18.3 Å². The van der Waals surface area contributed by atoms with Crippen molar-refractivity contribution in [1.82, 2.24) is 15.2 Å². The van der Waals surface area contributed by atoms with Crippen molar-refractivity contribution in [3.8, 4) is 5.75 Å². The van der Waals surface area contributed by atoms with Gasteiger partial charge in [0.2, 0.25) is 11.1 Å². The van der Waals surface area contributed by atoms with Gasteiger partial charge in [-0.05, 0) is 30.5 Å². The lowest BCUT2D eigenvalue weighted by Crippen LogP contribution is -2.17. The van der Waals surface area contributed by atoms with E-state index in [1.165, 1.54) is 23.1 Å². The third-order valence-corrected chi connectivity index (χ3v) is 5.10. The van der Waals surface area contributed by atoms with Crippen molar-refractivity contribution in [3.05, 3.63) is 52.7 Å². The molecule has 3 rings (SSSR count). The minimum absolute atomic E-state index is 0.103. The number of nitrogens with zero attached hydrogens (tertiary/aromatic N) is 2. The van der Waals surface area contributed by atoms with Crippen LogP contribution in [0.1, 0.15) is 21.7 Å². The molecule has 0 unspecified atom stereocenters. The first-order valence-corrected chi connectivity index (χ1v) is 9.78. The molecule has 140 valence electrons. The molecule has 0 aliphatic rings. The highest BCUT2D eigenvalue weighted by molar-refractivity contribution is 7.99. The van der Waals surface area contributed by atoms with Crippen molar-refractivity contribution < 1.29 is 14.3 Å². The van der Waals surface area contributed by atoms with E-state index in [1.54, 1.807) is 11.4 Å². The summed E-state index contributed by atoms with van der Waals surface area (Å²) in [6, 6.07) is 9.28. The number of anilines is 1. The number of nitrogens with one attached hydrogen (secondary N) is 2. The molecule has 0 fully saturated rings. The van der Waals surface area contributed by atoms with Crippen LogP contribution >= 0.6 is 23.1 Å². The quantitative estimate of drug-likeness (QED) is 0.497. The summed E-state index contributed by atoms with van der Waals surface area (Å²) >= 11 is 2.42. The number of thioether (sulfide) groups is 1. The Hall–Kier alpha value is -2.85. The summed E-state index contributed by atoms with van der Waals surface area (Å²) in [5, 5.41) is 12.1. The second kappa shape index (κ2) is 8.69. The third-order valence-electron chi connectivity index (χ3n) is 3.42. The summed E-state index contributed by atoms with van der Waals surface area (Å²) in [5.74, 6) is 0.560. The van der Waals surface area contributed by atoms with Crippen LogP contribution in [0.2, 0.25) is 0 Å². The normalized spacial score (nSPS) is 10.6. The minimum atomic E-state index is -0.577. The molecule has 1 aromatic carbocycles. The van der Waals surface area contributed by atoms with Gasteiger partial charge >= 0.3 is 0 Å². The van der Waals surface area contributed by atoms with Crippen molar-refractivity contribution in [2.45, 2.75) is 18.7 Å². The second-order valence-electron chi connectivity index (χ2n) is 5.53. The number of amides is 2. The van der Waals surface area contributed by atoms with E-state index in [4.69, 9.17) is 10.5 Å². The maximum atomic E-state index is 12.0. The van der Waals surface area contributed by atoms with Crippen molar-refractivity contribution >= 4 is 39.9 Å². The molecule has 3 aromatic rings. The molecular formula is C17H17N5O3S2. The Kier molecular flexibility index (Phi) is 6.09. The van der Waals surface area contributed by atoms with Crippen LogP contribution < -0.4 is 15.8 Å². The highest BCUT2D eigenvalue weighted by Gasteiger charge is 2.13. The minimum Gasteiger partial charge on any atom is -0.486 e. The van der Waals surface area contributed by atoms with E-state index in [9.17, 15) is 9.59 Å². The number of thiophene rings is 1. The maximum Gasteiger partial charge on any atom is 0.251 e. The number of aromatic nitrogens is 3. The molecule has 0 bridgehead atoms. The Labute approximate surface area is 163 Å². The summed E-state index contributed by atoms with van der Waals surface area (Å²) in [6.45, 7) is 2.26. The van der Waals surface area contributed by atoms with Crippen LogP contribution in [0.25, 0.3) is 0 Å². The Bertz CT molecular complexity index is 936. The van der Waals surface area contributed by atoms with Gasteiger partial charge in [-0.2, -0.15) is 0 Å². The Balaban J connectivity index is 1.47. The smallest absolute Gasteiger partial charge is 0.251 e. The summed E-state index contributed by atoms with van der Waals surface area (Å²) in [5.41, 5.74) is 6.71. The van der Waals surface area contributed by atoms with Crippen molar-refractivity contribution in [1.29, 1.82) is 0 Å². The van der Waals surface area contributed by atoms with Gasteiger partial charge < -0.3 is 15.8 Å². The van der Waals surface area contributed by atoms with Crippen molar-refractivity contribution in [2.75, 3.05) is 11.1 Å². The van der Waals surface area contributed by atoms with E-state index in [0.29, 0.717) is 21.5 Å². The third kappa shape index (κ3) is 5.31. The number of aryl methyl sites for hydroxylation is 1. The van der Waals surface area contributed by atoms with Gasteiger partial charge in [0.05, 0.1) is 11.3 Å². The average Bonchev–Trinajstić information content (AvgIpc) is 3.29. The molecule has 0 spiro atoms. The van der Waals surface area contributed by atoms with Gasteiger partial charge in [-0.25, -0.2) is 4.98 Å². The molecular weight excluding hydrogens is 386 g/mol. The SMILES string of the molecule is Cc1ccc(OCc2nc(SCC(=O)Nc3sccc3C(N)=O)n[nH]2)cc1. The fraction of sp³-hybridized carbons (Fsp3) is 0.176. The number of ether oxygens (including phenoxy) is 1. The van der Waals surface area contributed by atoms with E-state index >= 15 is 0 Å². The Morgan fingerprint density at radius 3 is 2.81 bits per heavy atom. The number of hydrogen-bond acceptors (Lipinski definition) is 7. The first-order chi connectivity index (χ1) is 13.0. The van der Waals surface area contributed by atoms with Crippen molar-refractivity contribution in [3.63, 3.8) is 0 Å². The van der Waals surface area contributed by atoms with Gasteiger partial charge in [-0.3, -0.25) is 14.7 Å². The van der Waals surface area contributed by atoms with Gasteiger partial charge in [0.1, 0.15) is 17.4 Å². The van der Waals surface area contributed by atoms with E-state index < -0.39 is 5.91 Å². The maximum absolute atomic E-state index is 12.0. The number of H-pyrrole nitrogens is 1. The summed E-state index contributed by atoms with van der Waals surface area (Å²) < 4.78 is 5.63. The van der Waals surface area contributed by atoms with Crippen LogP contribution in [0.4, 0.5) is 5.00 Å². The summed E-state index contributed by atoms with van der Waals surface area (Å²) in [7, 11) is 0. The largest absolute Gasteiger partial charge is 0.486 e. The number of rotatable bonds is 8. The molecule has 0 atom stereocenters. The number of hydrogen-bond donors (Lipinski definition) is 3. The first kappa shape index (κ1) is 18.9. The van der Waals surface area contributed by atoms with Crippen LogP contribution in [0.5, 0.6) is 5.75 Å². The zero-order valence-electron chi connectivity index (χ0n) is 14.4. The van der Waals surface area contributed by atoms with Gasteiger partial charge in [-0.1, -0.05) is 29.5 Å². The second-order valence-corrected chi connectivity index (χ2v) is 7.39. The van der Waals surface area contributed by atoms with Crippen LogP contribution in [0, 0.1) is 6.92 Å². The molecule has 2 aromatic heterocycles. The van der Waals surface area contributed by atoms with E-state index in [2.05, 4.69) is 20.5 Å². The zero-order chi connectivity index (χ0) is 19.2. The first-order valence-electron chi connectivity index (χ1n) is 7.92. The molecule has 0 aliphatic heterocycles. The number of primary amides is 1. The number of aromatic amines is 1. The molecule has 4 N–H and O–H groups in total. The molecule has 0 saturated heterocycles. The van der Waals surface area contributed by atoms with Gasteiger partial charge in [0.25, 0.3) is 5.91 Å². The molecule has 0 saturated carbocycles. The molecule has 8 nitrogen and oxygen atoms in total. The molecule has 2 amide bonds. The van der Waals surface area contributed by atoms with Gasteiger partial charge in [-0.15, -0.1) is 16.4 Å². The number of nitrogens with two attached hydrogens (primary N) is 1. The predicted molar refractivity (Wildman–Crippen MR) is 104 cm³/mol. The Morgan fingerprint density at radius 1 is 1.30 bits per heavy atom. The molecule has 2 heterocycles. The lowest BCUT2D eigenvalue weighted by Gasteiger charge is -2.03. The zero-order valence-corrected chi connectivity index (χ0v) is 16.0. The van der Waals surface area contributed by atoms with Gasteiger partial charge in [0, 0.05) is 0 Å². The Morgan fingerprint density at radius 2 is 2.07 bits per heavy atom. The molecule has 10 heteroatoms.